The second kappa shape index (κ2) is 2.79. The second-order valence-corrected chi connectivity index (χ2v) is 7.68. The van der Waals surface area contributed by atoms with Crippen LogP contribution < -0.4 is 0 Å². The molecule has 0 N–H and O–H groups in total. The van der Waals surface area contributed by atoms with Gasteiger partial charge >= 0.3 is 0 Å². The third-order valence-corrected chi connectivity index (χ3v) is 6.10. The molecule has 2 fully saturated rings. The maximum Gasteiger partial charge on any atom is 0.0303 e. The molecule has 0 aliphatic heterocycles. The zero-order valence-corrected chi connectivity index (χ0v) is 10.6. The van der Waals surface area contributed by atoms with Gasteiger partial charge in [-0.3, -0.25) is 0 Å². The Balaban J connectivity index is 1.68. The zero-order valence-electron chi connectivity index (χ0n) is 8.16. The van der Waals surface area contributed by atoms with E-state index < -0.39 is 0 Å². The van der Waals surface area contributed by atoms with Crippen molar-refractivity contribution in [2.75, 3.05) is 0 Å². The molecular weight excluding hydrogens is 256 g/mol. The molecule has 2 saturated carbocycles. The van der Waals surface area contributed by atoms with Gasteiger partial charge in [-0.1, -0.05) is 34.1 Å². The van der Waals surface area contributed by atoms with Gasteiger partial charge in [0, 0.05) is 19.9 Å². The van der Waals surface area contributed by atoms with Crippen molar-refractivity contribution in [3.8, 4) is 0 Å². The van der Waals surface area contributed by atoms with Crippen LogP contribution >= 0.6 is 27.7 Å². The number of thioether (sulfide) groups is 1. The van der Waals surface area contributed by atoms with Gasteiger partial charge in [0.25, 0.3) is 0 Å². The lowest BCUT2D eigenvalue weighted by Crippen LogP contribution is -1.95. The third-order valence-electron chi connectivity index (χ3n) is 3.59. The average molecular weight is 269 g/mol. The molecule has 3 rings (SSSR count). The molecule has 0 aromatic heterocycles. The lowest BCUT2D eigenvalue weighted by molar-refractivity contribution is 0.824. The van der Waals surface area contributed by atoms with Crippen molar-refractivity contribution in [2.24, 2.45) is 5.41 Å². The van der Waals surface area contributed by atoms with Crippen molar-refractivity contribution >= 4 is 27.7 Å². The summed E-state index contributed by atoms with van der Waals surface area (Å²) in [5.41, 5.74) is 0.646. The van der Waals surface area contributed by atoms with E-state index in [0.717, 1.165) is 5.25 Å². The van der Waals surface area contributed by atoms with Crippen molar-refractivity contribution in [3.63, 3.8) is 0 Å². The van der Waals surface area contributed by atoms with Crippen LogP contribution in [0.1, 0.15) is 19.8 Å². The van der Waals surface area contributed by atoms with E-state index in [2.05, 4.69) is 64.9 Å². The molecule has 1 spiro atoms. The summed E-state index contributed by atoms with van der Waals surface area (Å²) in [4.78, 5) is 1.42. The van der Waals surface area contributed by atoms with Gasteiger partial charge in [-0.2, -0.15) is 0 Å². The lowest BCUT2D eigenvalue weighted by Gasteiger charge is -2.01. The number of halogens is 1. The second-order valence-electron chi connectivity index (χ2n) is 4.65. The quantitative estimate of drug-likeness (QED) is 0.728. The van der Waals surface area contributed by atoms with Gasteiger partial charge < -0.3 is 0 Å². The van der Waals surface area contributed by atoms with Crippen molar-refractivity contribution in [3.05, 3.63) is 30.3 Å². The third kappa shape index (κ3) is 1.27. The molecule has 1 aromatic rings. The Hall–Kier alpha value is 0.0500. The summed E-state index contributed by atoms with van der Waals surface area (Å²) in [6.07, 6.45) is 2.76. The minimum atomic E-state index is 0.451. The lowest BCUT2D eigenvalue weighted by atomic mass is 10.3. The van der Waals surface area contributed by atoms with Gasteiger partial charge in [0.1, 0.15) is 0 Å². The monoisotopic (exact) mass is 268 g/mol. The SMILES string of the molecule is CC1(Br)CC12CC2Sc1ccccc1. The van der Waals surface area contributed by atoms with Crippen molar-refractivity contribution in [1.29, 1.82) is 0 Å². The van der Waals surface area contributed by atoms with E-state index in [1.54, 1.807) is 0 Å². The Kier molecular flexibility index (Phi) is 1.85. The molecule has 14 heavy (non-hydrogen) atoms. The van der Waals surface area contributed by atoms with Gasteiger partial charge in [0.05, 0.1) is 0 Å². The zero-order chi connectivity index (χ0) is 9.81. The first-order valence-corrected chi connectivity index (χ1v) is 6.72. The summed E-state index contributed by atoms with van der Waals surface area (Å²) >= 11 is 5.86. The maximum atomic E-state index is 3.81. The number of hydrogen-bond donors (Lipinski definition) is 0. The van der Waals surface area contributed by atoms with Crippen molar-refractivity contribution < 1.29 is 0 Å². The summed E-state index contributed by atoms with van der Waals surface area (Å²) in [6, 6.07) is 10.8. The summed E-state index contributed by atoms with van der Waals surface area (Å²) in [5.74, 6) is 0. The average Bonchev–Trinajstić information content (AvgIpc) is 2.94. The molecule has 2 aliphatic carbocycles. The van der Waals surface area contributed by atoms with Crippen LogP contribution in [-0.4, -0.2) is 9.57 Å². The highest BCUT2D eigenvalue weighted by Crippen LogP contribution is 2.80. The van der Waals surface area contributed by atoms with E-state index in [1.165, 1.54) is 17.7 Å². The largest absolute Gasteiger partial charge is 0.122 e. The predicted octanol–water partition coefficient (Wildman–Crippen LogP) is 4.09. The predicted molar refractivity (Wildman–Crippen MR) is 65.1 cm³/mol. The molecule has 1 aromatic carbocycles. The topological polar surface area (TPSA) is 0 Å². The molecular formula is C12H13BrS. The highest BCUT2D eigenvalue weighted by molar-refractivity contribution is 9.10. The minimum Gasteiger partial charge on any atom is -0.122 e. The molecule has 3 unspecified atom stereocenters. The van der Waals surface area contributed by atoms with Gasteiger partial charge in [-0.25, -0.2) is 0 Å². The van der Waals surface area contributed by atoms with E-state index in [-0.39, 0.29) is 0 Å². The fraction of sp³-hybridized carbons (Fsp3) is 0.500. The Morgan fingerprint density at radius 1 is 1.36 bits per heavy atom. The summed E-state index contributed by atoms with van der Waals surface area (Å²) in [5, 5.41) is 0.856. The first-order valence-electron chi connectivity index (χ1n) is 5.05. The van der Waals surface area contributed by atoms with Crippen LogP contribution in [0.25, 0.3) is 0 Å². The first-order chi connectivity index (χ1) is 6.64. The highest BCUT2D eigenvalue weighted by atomic mass is 79.9. The molecule has 0 radical (unpaired) electrons. The maximum absolute atomic E-state index is 3.81. The smallest absolute Gasteiger partial charge is 0.0303 e. The van der Waals surface area contributed by atoms with Crippen LogP contribution in [0, 0.1) is 5.41 Å². The summed E-state index contributed by atoms with van der Waals surface area (Å²) < 4.78 is 0.451. The van der Waals surface area contributed by atoms with Crippen LogP contribution in [0.2, 0.25) is 0 Å². The van der Waals surface area contributed by atoms with E-state index in [4.69, 9.17) is 0 Å². The molecule has 0 bridgehead atoms. The Bertz CT molecular complexity index is 360. The summed E-state index contributed by atoms with van der Waals surface area (Å²) in [7, 11) is 0. The van der Waals surface area contributed by atoms with Crippen molar-refractivity contribution in [2.45, 2.75) is 34.2 Å². The highest BCUT2D eigenvalue weighted by Gasteiger charge is 2.76. The Morgan fingerprint density at radius 2 is 2.00 bits per heavy atom. The summed E-state index contributed by atoms with van der Waals surface area (Å²) in [6.45, 7) is 2.33. The molecule has 0 amide bonds. The van der Waals surface area contributed by atoms with Crippen LogP contribution in [0.4, 0.5) is 0 Å². The van der Waals surface area contributed by atoms with Crippen LogP contribution in [-0.2, 0) is 0 Å². The van der Waals surface area contributed by atoms with Gasteiger partial charge in [0.2, 0.25) is 0 Å². The number of alkyl halides is 1. The van der Waals surface area contributed by atoms with E-state index in [0.29, 0.717) is 9.74 Å². The normalized spacial score (nSPS) is 44.0. The van der Waals surface area contributed by atoms with Crippen LogP contribution in [0.5, 0.6) is 0 Å². The van der Waals surface area contributed by atoms with Crippen LogP contribution in [0.15, 0.2) is 35.2 Å². The minimum absolute atomic E-state index is 0.451. The Labute approximate surface area is 97.6 Å². The fourth-order valence-corrected chi connectivity index (χ4v) is 5.05. The number of rotatable bonds is 2. The Morgan fingerprint density at radius 3 is 2.50 bits per heavy atom. The number of hydrogen-bond acceptors (Lipinski definition) is 1. The van der Waals surface area contributed by atoms with Gasteiger partial charge in [-0.05, 0) is 31.9 Å². The van der Waals surface area contributed by atoms with Gasteiger partial charge in [-0.15, -0.1) is 11.8 Å². The van der Waals surface area contributed by atoms with E-state index in [9.17, 15) is 0 Å². The fourth-order valence-electron chi connectivity index (χ4n) is 2.37. The van der Waals surface area contributed by atoms with E-state index in [1.807, 2.05) is 0 Å². The molecule has 2 aliphatic rings. The molecule has 2 heteroatoms. The first kappa shape index (κ1) is 9.29. The van der Waals surface area contributed by atoms with Gasteiger partial charge in [0.15, 0.2) is 0 Å². The van der Waals surface area contributed by atoms with Crippen LogP contribution in [0.3, 0.4) is 0 Å². The molecule has 3 atom stereocenters. The number of benzene rings is 1. The van der Waals surface area contributed by atoms with Crippen molar-refractivity contribution in [1.82, 2.24) is 0 Å². The molecule has 0 saturated heterocycles. The standard InChI is InChI=1S/C12H13BrS/c1-11(13)8-12(11)7-10(12)14-9-5-3-2-4-6-9/h2-6,10H,7-8H2,1H3. The molecule has 0 heterocycles. The molecule has 74 valence electrons. The molecule has 0 nitrogen and oxygen atoms in total. The van der Waals surface area contributed by atoms with E-state index >= 15 is 0 Å².